The van der Waals surface area contributed by atoms with E-state index in [2.05, 4.69) is 24.6 Å². The van der Waals surface area contributed by atoms with Crippen LogP contribution in [0.5, 0.6) is 0 Å². The van der Waals surface area contributed by atoms with Gasteiger partial charge in [0.25, 0.3) is 0 Å². The van der Waals surface area contributed by atoms with Crippen LogP contribution in [0.25, 0.3) is 0 Å². The van der Waals surface area contributed by atoms with Crippen molar-refractivity contribution in [2.45, 2.75) is 13.8 Å². The maximum Gasteiger partial charge on any atom is 0.0686 e. The number of allylic oxidation sites excluding steroid dienone is 3. The molecule has 1 aliphatic heterocycles. The predicted molar refractivity (Wildman–Crippen MR) is 44.1 cm³/mol. The molecule has 1 nitrogen and oxygen atoms in total. The molecule has 0 atom stereocenters. The average Bonchev–Trinajstić information content (AvgIpc) is 2.12. The first-order chi connectivity index (χ1) is 4.80. The van der Waals surface area contributed by atoms with Gasteiger partial charge in [-0.1, -0.05) is 13.8 Å². The predicted octanol–water partition coefficient (Wildman–Crippen LogP) is 2.32. The molecule has 0 unspecified atom stereocenters. The van der Waals surface area contributed by atoms with E-state index in [0.29, 0.717) is 5.92 Å². The maximum atomic E-state index is 4.01. The Balaban J connectivity index is 0.000001000. The third-order valence-electron chi connectivity index (χ3n) is 1.41. The number of rotatable bonds is 1. The van der Waals surface area contributed by atoms with Gasteiger partial charge < -0.3 is 0 Å². The largest absolute Gasteiger partial charge is 0.256 e. The van der Waals surface area contributed by atoms with Crippen LogP contribution >= 0.6 is 0 Å². The third kappa shape index (κ3) is 2.33. The number of hydrogen-bond donors (Lipinski definition) is 0. The van der Waals surface area contributed by atoms with Gasteiger partial charge in [0.15, 0.2) is 0 Å². The summed E-state index contributed by atoms with van der Waals surface area (Å²) >= 11 is 0. The summed E-state index contributed by atoms with van der Waals surface area (Å²) in [7, 11) is 0. The molecule has 0 aromatic carbocycles. The second kappa shape index (κ2) is 3.86. The summed E-state index contributed by atoms with van der Waals surface area (Å²) in [6.07, 6.45) is 7.48. The maximum absolute atomic E-state index is 4.01. The molecule has 0 saturated carbocycles. The Bertz CT molecular complexity index is 230. The molecule has 1 heterocycles. The van der Waals surface area contributed by atoms with E-state index in [0.717, 1.165) is 0 Å². The van der Waals surface area contributed by atoms with Crippen molar-refractivity contribution in [1.82, 2.24) is 0 Å². The van der Waals surface area contributed by atoms with Crippen LogP contribution < -0.4 is 0 Å². The molecule has 0 aliphatic carbocycles. The van der Waals surface area contributed by atoms with Crippen LogP contribution in [0.1, 0.15) is 13.8 Å². The van der Waals surface area contributed by atoms with Crippen molar-refractivity contribution in [2.75, 3.05) is 0 Å². The van der Waals surface area contributed by atoms with Gasteiger partial charge >= 0.3 is 0 Å². The molecular weight excluding hydrogens is 384 g/mol. The van der Waals surface area contributed by atoms with E-state index in [-0.39, 0.29) is 0 Å². The quantitative estimate of drug-likeness (QED) is 0.605. The molecule has 0 N–H and O–H groups in total. The minimum atomic E-state index is 0. The summed E-state index contributed by atoms with van der Waals surface area (Å²) in [5.41, 5.74) is 4.16. The topological polar surface area (TPSA) is 12.4 Å². The molecule has 0 saturated heterocycles. The standard InChI is InChI=1S/C9H11N.Lr/c1-8(2)9-5-3-4-6-10-7-9;/h3,5-8H,1-2H3;. The van der Waals surface area contributed by atoms with Gasteiger partial charge in [-0.15, -0.1) is 5.73 Å². The zero-order chi connectivity index (χ0) is 7.40. The van der Waals surface area contributed by atoms with E-state index < -0.39 is 0 Å². The first kappa shape index (κ1) is 8.93. The number of nitrogens with zero attached hydrogens (tertiary/aromatic N) is 1. The molecule has 11 heavy (non-hydrogen) atoms. The van der Waals surface area contributed by atoms with Gasteiger partial charge in [0, 0.05) is 6.21 Å². The first-order valence-corrected chi connectivity index (χ1v) is 3.45. The average molecular weight is 395 g/mol. The van der Waals surface area contributed by atoms with E-state index in [1.54, 1.807) is 6.20 Å². The molecule has 0 fully saturated rings. The third-order valence-corrected chi connectivity index (χ3v) is 1.41. The summed E-state index contributed by atoms with van der Waals surface area (Å²) in [5, 5.41) is 0. The Kier molecular flexibility index (Phi) is 3.14. The van der Waals surface area contributed by atoms with Crippen LogP contribution in [0.15, 0.2) is 34.6 Å². The van der Waals surface area contributed by atoms with Gasteiger partial charge in [0.2, 0.25) is 0 Å². The Morgan fingerprint density at radius 2 is 2.18 bits per heavy atom. The summed E-state index contributed by atoms with van der Waals surface area (Å²) in [5.74, 6) is 0.549. The van der Waals surface area contributed by atoms with Crippen molar-refractivity contribution < 1.29 is 0 Å². The van der Waals surface area contributed by atoms with Gasteiger partial charge in [-0.25, -0.2) is 0 Å². The minimum absolute atomic E-state index is 0. The summed E-state index contributed by atoms with van der Waals surface area (Å²) in [6, 6.07) is 0. The van der Waals surface area contributed by atoms with Gasteiger partial charge in [0.05, 0.1) is 6.20 Å². The van der Waals surface area contributed by atoms with E-state index >= 15 is 0 Å². The van der Waals surface area contributed by atoms with E-state index in [1.165, 1.54) is 5.57 Å². The molecule has 1 aliphatic rings. The van der Waals surface area contributed by atoms with Crippen LogP contribution in [0.2, 0.25) is 0 Å². The molecule has 1 rings (SSSR count). The smallest absolute Gasteiger partial charge is 0.0686 e. The second-order valence-corrected chi connectivity index (χ2v) is 2.56. The van der Waals surface area contributed by atoms with Crippen molar-refractivity contribution >= 4 is 6.21 Å². The van der Waals surface area contributed by atoms with Crippen molar-refractivity contribution in [2.24, 2.45) is 10.9 Å². The zero-order valence-electron chi connectivity index (χ0n) is 6.59. The summed E-state index contributed by atoms with van der Waals surface area (Å²) in [4.78, 5) is 4.01. The van der Waals surface area contributed by atoms with E-state index in [4.69, 9.17) is 0 Å². The molecule has 1 radical (unpaired) electrons. The Hall–Kier alpha value is -2.07. The van der Waals surface area contributed by atoms with Crippen molar-refractivity contribution in [3.05, 3.63) is 29.7 Å². The summed E-state index contributed by atoms with van der Waals surface area (Å²) in [6.45, 7) is 4.30. The van der Waals surface area contributed by atoms with Gasteiger partial charge in [-0.05, 0) is 23.6 Å². The second-order valence-electron chi connectivity index (χ2n) is 2.56. The van der Waals surface area contributed by atoms with Crippen molar-refractivity contribution in [3.8, 4) is 0 Å². The molecule has 67 valence electrons. The molecule has 2 heteroatoms. The fourth-order valence-corrected chi connectivity index (χ4v) is 0.738. The van der Waals surface area contributed by atoms with Crippen molar-refractivity contribution in [3.63, 3.8) is 0 Å². The Morgan fingerprint density at radius 3 is 2.82 bits per heavy atom. The van der Waals surface area contributed by atoms with Crippen LogP contribution in [0.4, 0.5) is 0 Å². The normalized spacial score (nSPS) is 14.3. The molecule has 0 bridgehead atoms. The van der Waals surface area contributed by atoms with Crippen LogP contribution in [-0.2, 0) is 0 Å². The summed E-state index contributed by atoms with van der Waals surface area (Å²) < 4.78 is 0. The Labute approximate surface area is 61.5 Å². The van der Waals surface area contributed by atoms with Gasteiger partial charge in [-0.3, -0.25) is 4.99 Å². The Morgan fingerprint density at radius 1 is 1.45 bits per heavy atom. The minimum Gasteiger partial charge on any atom is -0.256 e. The first-order valence-electron chi connectivity index (χ1n) is 3.45. The monoisotopic (exact) mass is 395 g/mol. The molecule has 0 amide bonds. The molecular formula is C9H11LrN. The fourth-order valence-electron chi connectivity index (χ4n) is 0.738. The van der Waals surface area contributed by atoms with E-state index in [1.807, 2.05) is 18.4 Å². The fraction of sp³-hybridized carbons (Fsp3) is 0.333. The van der Waals surface area contributed by atoms with Crippen LogP contribution in [0, 0.1) is 5.92 Å². The number of hydrogen-bond acceptors (Lipinski definition) is 1. The SMILES string of the molecule is CC(C)C1=CC=C=CN=C1.[Lr]. The van der Waals surface area contributed by atoms with E-state index in [9.17, 15) is 0 Å². The van der Waals surface area contributed by atoms with Gasteiger partial charge in [-0.2, -0.15) is 0 Å². The molecule has 0 aromatic heterocycles. The van der Waals surface area contributed by atoms with Crippen LogP contribution in [0.3, 0.4) is 0 Å². The van der Waals surface area contributed by atoms with Crippen LogP contribution in [-0.4, -0.2) is 6.21 Å². The molecule has 0 aromatic rings. The number of aliphatic imine (C=N–C) groups is 1. The van der Waals surface area contributed by atoms with Gasteiger partial charge in [0.1, 0.15) is 0 Å². The molecule has 0 spiro atoms. The van der Waals surface area contributed by atoms with Crippen molar-refractivity contribution in [1.29, 1.82) is 0 Å². The zero-order valence-corrected chi connectivity index (χ0v) is 8.74.